The summed E-state index contributed by atoms with van der Waals surface area (Å²) in [4.78, 5) is 4.72. The molecule has 0 aromatic carbocycles. The monoisotopic (exact) mass is 459 g/mol. The molecule has 33 heavy (non-hydrogen) atoms. The molecule has 168 valence electrons. The summed E-state index contributed by atoms with van der Waals surface area (Å²) in [6.07, 6.45) is 4.32. The van der Waals surface area contributed by atoms with E-state index in [-0.39, 0.29) is 17.9 Å². The molecule has 0 saturated heterocycles. The number of nitrogens with zero attached hydrogens (tertiary/aromatic N) is 6. The number of aliphatic hydroxyl groups is 1. The molecule has 0 amide bonds. The van der Waals surface area contributed by atoms with Crippen LogP contribution in [0.2, 0.25) is 0 Å². The average molecular weight is 460 g/mol. The maximum absolute atomic E-state index is 10.3. The average Bonchev–Trinajstić information content (AvgIpc) is 3.26. The molecule has 9 heteroatoms. The van der Waals surface area contributed by atoms with E-state index >= 15 is 0 Å². The van der Waals surface area contributed by atoms with Crippen LogP contribution < -0.4 is 5.32 Å². The van der Waals surface area contributed by atoms with Crippen LogP contribution in [0, 0.1) is 17.2 Å². The number of hydrogen-bond donors (Lipinski definition) is 2. The number of nitriles is 1. The van der Waals surface area contributed by atoms with Gasteiger partial charge in [0.15, 0.2) is 5.01 Å². The predicted octanol–water partition coefficient (Wildman–Crippen LogP) is 4.48. The van der Waals surface area contributed by atoms with Crippen molar-refractivity contribution in [3.63, 3.8) is 0 Å². The second-order valence-corrected chi connectivity index (χ2v) is 10.4. The Morgan fingerprint density at radius 2 is 2.06 bits per heavy atom. The van der Waals surface area contributed by atoms with Gasteiger partial charge in [0.1, 0.15) is 11.1 Å². The molecular weight excluding hydrogens is 434 g/mol. The van der Waals surface area contributed by atoms with Gasteiger partial charge in [-0.2, -0.15) is 10.4 Å². The Balaban J connectivity index is 1.51. The Morgan fingerprint density at radius 3 is 2.76 bits per heavy atom. The highest BCUT2D eigenvalue weighted by Crippen LogP contribution is 2.54. The van der Waals surface area contributed by atoms with Crippen molar-refractivity contribution in [2.45, 2.75) is 51.7 Å². The third-order valence-electron chi connectivity index (χ3n) is 5.93. The van der Waals surface area contributed by atoms with E-state index in [2.05, 4.69) is 40.5 Å². The fourth-order valence-electron chi connectivity index (χ4n) is 4.19. The van der Waals surface area contributed by atoms with Crippen molar-refractivity contribution >= 4 is 22.5 Å². The van der Waals surface area contributed by atoms with Gasteiger partial charge in [-0.25, -0.2) is 4.52 Å². The van der Waals surface area contributed by atoms with Crippen LogP contribution >= 0.6 is 11.3 Å². The Morgan fingerprint density at radius 1 is 1.24 bits per heavy atom. The summed E-state index contributed by atoms with van der Waals surface area (Å²) in [6, 6.07) is 10.0. The molecule has 0 radical (unpaired) electrons. The molecule has 5 rings (SSSR count). The summed E-state index contributed by atoms with van der Waals surface area (Å²) in [5.74, 6) is 0.491. The summed E-state index contributed by atoms with van der Waals surface area (Å²) in [5, 5.41) is 38.0. The quantitative estimate of drug-likeness (QED) is 0.437. The predicted molar refractivity (Wildman–Crippen MR) is 128 cm³/mol. The third-order valence-corrected chi connectivity index (χ3v) is 7.01. The van der Waals surface area contributed by atoms with Gasteiger partial charge in [0.2, 0.25) is 0 Å². The second kappa shape index (κ2) is 7.90. The normalized spacial score (nSPS) is 18.0. The largest absolute Gasteiger partial charge is 0.390 e. The Labute approximate surface area is 195 Å². The first kappa shape index (κ1) is 21.5. The molecule has 0 bridgehead atoms. The number of anilines is 1. The lowest BCUT2D eigenvalue weighted by molar-refractivity contribution is 0.0546. The fourth-order valence-corrected chi connectivity index (χ4v) is 5.24. The van der Waals surface area contributed by atoms with Gasteiger partial charge in [0.05, 0.1) is 39.8 Å². The minimum Gasteiger partial charge on any atom is -0.390 e. The highest BCUT2D eigenvalue weighted by molar-refractivity contribution is 7.14. The first-order valence-corrected chi connectivity index (χ1v) is 11.8. The lowest BCUT2D eigenvalue weighted by Gasteiger charge is -2.16. The fraction of sp³-hybridized carbons (Fsp3) is 0.375. The van der Waals surface area contributed by atoms with Gasteiger partial charge < -0.3 is 10.4 Å². The summed E-state index contributed by atoms with van der Waals surface area (Å²) >= 11 is 1.57. The molecular formula is C24H25N7OS. The van der Waals surface area contributed by atoms with Gasteiger partial charge in [-0.1, -0.05) is 11.3 Å². The zero-order valence-corrected chi connectivity index (χ0v) is 19.8. The summed E-state index contributed by atoms with van der Waals surface area (Å²) < 4.78 is 1.79. The first-order chi connectivity index (χ1) is 15.7. The van der Waals surface area contributed by atoms with Crippen LogP contribution in [0.1, 0.15) is 50.6 Å². The molecule has 0 aliphatic heterocycles. The summed E-state index contributed by atoms with van der Waals surface area (Å²) in [7, 11) is 0. The molecule has 0 spiro atoms. The van der Waals surface area contributed by atoms with Gasteiger partial charge in [0, 0.05) is 23.8 Å². The van der Waals surface area contributed by atoms with E-state index in [0.29, 0.717) is 5.56 Å². The maximum Gasteiger partial charge on any atom is 0.151 e. The zero-order valence-electron chi connectivity index (χ0n) is 18.9. The smallest absolute Gasteiger partial charge is 0.151 e. The summed E-state index contributed by atoms with van der Waals surface area (Å²) in [6.45, 7) is 7.89. The van der Waals surface area contributed by atoms with Crippen molar-refractivity contribution in [3.8, 4) is 28.0 Å². The van der Waals surface area contributed by atoms with Gasteiger partial charge in [-0.15, -0.1) is 10.2 Å². The van der Waals surface area contributed by atoms with Crippen LogP contribution in [0.5, 0.6) is 0 Å². The summed E-state index contributed by atoms with van der Waals surface area (Å²) in [5.41, 5.74) is 4.10. The van der Waals surface area contributed by atoms with Gasteiger partial charge in [-0.3, -0.25) is 4.98 Å². The van der Waals surface area contributed by atoms with Gasteiger partial charge in [-0.05, 0) is 64.3 Å². The lowest BCUT2D eigenvalue weighted by Crippen LogP contribution is -2.22. The SMILES string of the molecule is CC(C)Nc1cc(-c2ccc3cc(C#N)cnn23)ncc1-c1nnc([C@H]2C[C@@H]2C(C)(C)O)s1. The molecule has 1 saturated carbocycles. The number of fused-ring (bicyclic) bond motifs is 1. The van der Waals surface area contributed by atoms with Gasteiger partial charge in [0.25, 0.3) is 0 Å². The number of nitrogens with one attached hydrogen (secondary N) is 1. The zero-order chi connectivity index (χ0) is 23.3. The Kier molecular flexibility index (Phi) is 5.15. The van der Waals surface area contributed by atoms with Gasteiger partial charge >= 0.3 is 0 Å². The number of rotatable bonds is 6. The number of aromatic nitrogens is 5. The maximum atomic E-state index is 10.3. The van der Waals surface area contributed by atoms with Crippen LogP contribution in [0.15, 0.2) is 36.7 Å². The molecule has 8 nitrogen and oxygen atoms in total. The highest BCUT2D eigenvalue weighted by atomic mass is 32.1. The molecule has 0 unspecified atom stereocenters. The van der Waals surface area contributed by atoms with E-state index in [9.17, 15) is 5.11 Å². The van der Waals surface area contributed by atoms with Crippen molar-refractivity contribution in [3.05, 3.63) is 47.2 Å². The molecule has 2 N–H and O–H groups in total. The molecule has 1 fully saturated rings. The van der Waals surface area contributed by atoms with E-state index in [1.54, 1.807) is 28.1 Å². The molecule has 4 aromatic rings. The molecule has 4 heterocycles. The van der Waals surface area contributed by atoms with E-state index in [4.69, 9.17) is 10.2 Å². The highest BCUT2D eigenvalue weighted by Gasteiger charge is 2.49. The van der Waals surface area contributed by atoms with Crippen molar-refractivity contribution in [1.82, 2.24) is 24.8 Å². The van der Waals surface area contributed by atoms with Crippen LogP contribution in [0.4, 0.5) is 5.69 Å². The third kappa shape index (κ3) is 4.08. The van der Waals surface area contributed by atoms with Crippen LogP contribution in [0.25, 0.3) is 27.5 Å². The van der Waals surface area contributed by atoms with Crippen LogP contribution in [-0.4, -0.2) is 41.5 Å². The van der Waals surface area contributed by atoms with E-state index in [1.807, 2.05) is 38.2 Å². The lowest BCUT2D eigenvalue weighted by atomic mass is 10.0. The van der Waals surface area contributed by atoms with Crippen molar-refractivity contribution in [1.29, 1.82) is 5.26 Å². The van der Waals surface area contributed by atoms with Crippen LogP contribution in [0.3, 0.4) is 0 Å². The van der Waals surface area contributed by atoms with E-state index in [0.717, 1.165) is 44.6 Å². The second-order valence-electron chi connectivity index (χ2n) is 9.37. The van der Waals surface area contributed by atoms with Crippen molar-refractivity contribution in [2.75, 3.05) is 5.32 Å². The van der Waals surface area contributed by atoms with Crippen LogP contribution in [-0.2, 0) is 0 Å². The molecule has 1 aliphatic carbocycles. The van der Waals surface area contributed by atoms with E-state index in [1.165, 1.54) is 0 Å². The Hall–Kier alpha value is -3.35. The Bertz CT molecular complexity index is 1380. The minimum absolute atomic E-state index is 0.217. The topological polar surface area (TPSA) is 112 Å². The minimum atomic E-state index is -0.702. The first-order valence-electron chi connectivity index (χ1n) is 11.0. The number of pyridine rings is 1. The van der Waals surface area contributed by atoms with E-state index < -0.39 is 5.60 Å². The van der Waals surface area contributed by atoms with Crippen molar-refractivity contribution in [2.24, 2.45) is 5.92 Å². The van der Waals surface area contributed by atoms with Crippen molar-refractivity contribution < 1.29 is 5.11 Å². The molecule has 2 atom stereocenters. The molecule has 4 aromatic heterocycles. The molecule has 1 aliphatic rings. The standard InChI is InChI=1S/C24H25N7OS/c1-13(2)28-19-9-20(21-6-5-15-7-14(10-25)11-27-31(15)21)26-12-17(19)23-30-29-22(33-23)16-8-18(16)24(3,4)32/h5-7,9,11-13,16,18,32H,8H2,1-4H3,(H,26,28)/t16-,18-/m0/s1. The number of hydrogen-bond acceptors (Lipinski definition) is 8.